The molecule has 1 N–H and O–H groups in total. The topological polar surface area (TPSA) is 28.2 Å². The van der Waals surface area contributed by atoms with Gasteiger partial charge in [0.25, 0.3) is 0 Å². The second kappa shape index (κ2) is 7.37. The average molecular weight is 207 g/mol. The van der Waals surface area contributed by atoms with Gasteiger partial charge >= 0.3 is 0 Å². The third-order valence-corrected chi connectivity index (χ3v) is 2.43. The van der Waals surface area contributed by atoms with Gasteiger partial charge in [0.2, 0.25) is 0 Å². The molecule has 0 aliphatic heterocycles. The van der Waals surface area contributed by atoms with Crippen molar-refractivity contribution in [2.75, 3.05) is 26.2 Å². The Labute approximate surface area is 92.5 Å². The van der Waals surface area contributed by atoms with Crippen LogP contribution >= 0.6 is 0 Å². The molecule has 0 atom stereocenters. The van der Waals surface area contributed by atoms with Crippen LogP contribution in [0.25, 0.3) is 0 Å². The number of nitrogens with zero attached hydrogens (tertiary/aromatic N) is 2. The number of aromatic nitrogens is 1. The first-order valence-electron chi connectivity index (χ1n) is 5.68. The quantitative estimate of drug-likeness (QED) is 0.687. The van der Waals surface area contributed by atoms with Gasteiger partial charge in [0.05, 0.1) is 0 Å². The fourth-order valence-electron chi connectivity index (χ4n) is 1.51. The van der Waals surface area contributed by atoms with Gasteiger partial charge in [0.15, 0.2) is 0 Å². The predicted octanol–water partition coefficient (Wildman–Crippen LogP) is 1.51. The smallest absolute Gasteiger partial charge is 0.0312 e. The molecule has 1 aromatic rings. The molecule has 1 rings (SSSR count). The highest BCUT2D eigenvalue weighted by molar-refractivity contribution is 5.07. The van der Waals surface area contributed by atoms with Crippen LogP contribution in [0.1, 0.15) is 19.4 Å². The SMILES string of the molecule is CCNCCN(CC)Cc1cccnc1. The van der Waals surface area contributed by atoms with Gasteiger partial charge in [-0.05, 0) is 24.7 Å². The molecule has 84 valence electrons. The summed E-state index contributed by atoms with van der Waals surface area (Å²) in [7, 11) is 0. The molecular formula is C12H21N3. The van der Waals surface area contributed by atoms with E-state index in [1.165, 1.54) is 5.56 Å². The van der Waals surface area contributed by atoms with Crippen LogP contribution in [0, 0.1) is 0 Å². The van der Waals surface area contributed by atoms with Gasteiger partial charge < -0.3 is 5.32 Å². The van der Waals surface area contributed by atoms with E-state index in [1.807, 2.05) is 18.5 Å². The molecule has 0 fully saturated rings. The lowest BCUT2D eigenvalue weighted by atomic mass is 10.2. The summed E-state index contributed by atoms with van der Waals surface area (Å²) in [6.45, 7) is 9.62. The van der Waals surface area contributed by atoms with Crippen LogP contribution in [0.3, 0.4) is 0 Å². The van der Waals surface area contributed by atoms with Crippen molar-refractivity contribution in [3.05, 3.63) is 30.1 Å². The van der Waals surface area contributed by atoms with Crippen LogP contribution in [0.2, 0.25) is 0 Å². The van der Waals surface area contributed by atoms with E-state index in [1.54, 1.807) is 0 Å². The van der Waals surface area contributed by atoms with Crippen molar-refractivity contribution < 1.29 is 0 Å². The molecule has 0 radical (unpaired) electrons. The van der Waals surface area contributed by atoms with Crippen LogP contribution in [0.5, 0.6) is 0 Å². The van der Waals surface area contributed by atoms with E-state index in [-0.39, 0.29) is 0 Å². The summed E-state index contributed by atoms with van der Waals surface area (Å²) in [6, 6.07) is 4.12. The summed E-state index contributed by atoms with van der Waals surface area (Å²) in [4.78, 5) is 6.54. The monoisotopic (exact) mass is 207 g/mol. The Morgan fingerprint density at radius 2 is 2.27 bits per heavy atom. The second-order valence-electron chi connectivity index (χ2n) is 3.58. The minimum Gasteiger partial charge on any atom is -0.316 e. The van der Waals surface area contributed by atoms with Crippen molar-refractivity contribution in [2.24, 2.45) is 0 Å². The second-order valence-corrected chi connectivity index (χ2v) is 3.58. The van der Waals surface area contributed by atoms with Gasteiger partial charge in [-0.1, -0.05) is 19.9 Å². The Kier molecular flexibility index (Phi) is 5.97. The zero-order valence-electron chi connectivity index (χ0n) is 9.74. The third-order valence-electron chi connectivity index (χ3n) is 2.43. The van der Waals surface area contributed by atoms with E-state index >= 15 is 0 Å². The number of rotatable bonds is 7. The minimum atomic E-state index is 0.996. The van der Waals surface area contributed by atoms with E-state index in [4.69, 9.17) is 0 Å². The molecule has 0 saturated carbocycles. The Balaban J connectivity index is 2.33. The normalized spacial score (nSPS) is 10.9. The molecule has 0 aliphatic rings. The van der Waals surface area contributed by atoms with Gasteiger partial charge in [0, 0.05) is 32.0 Å². The van der Waals surface area contributed by atoms with Crippen LogP contribution in [-0.4, -0.2) is 36.1 Å². The van der Waals surface area contributed by atoms with E-state index in [2.05, 4.69) is 35.1 Å². The third kappa shape index (κ3) is 4.91. The molecule has 0 bridgehead atoms. The van der Waals surface area contributed by atoms with Crippen LogP contribution in [0.15, 0.2) is 24.5 Å². The number of likely N-dealkylation sites (N-methyl/N-ethyl adjacent to an activating group) is 2. The van der Waals surface area contributed by atoms with E-state index < -0.39 is 0 Å². The Hall–Kier alpha value is -0.930. The molecule has 0 amide bonds. The molecule has 0 aliphatic carbocycles. The minimum absolute atomic E-state index is 0.996. The Bertz CT molecular complexity index is 248. The van der Waals surface area contributed by atoms with Crippen LogP contribution < -0.4 is 5.32 Å². The molecule has 0 saturated heterocycles. The zero-order valence-corrected chi connectivity index (χ0v) is 9.74. The van der Waals surface area contributed by atoms with Crippen molar-refractivity contribution in [3.63, 3.8) is 0 Å². The molecule has 3 nitrogen and oxygen atoms in total. The van der Waals surface area contributed by atoms with E-state index in [9.17, 15) is 0 Å². The Morgan fingerprint density at radius 1 is 1.40 bits per heavy atom. The largest absolute Gasteiger partial charge is 0.316 e. The molecular weight excluding hydrogens is 186 g/mol. The number of hydrogen-bond donors (Lipinski definition) is 1. The summed E-state index contributed by atoms with van der Waals surface area (Å²) >= 11 is 0. The first-order chi connectivity index (χ1) is 7.36. The van der Waals surface area contributed by atoms with Gasteiger partial charge in [-0.2, -0.15) is 0 Å². The zero-order chi connectivity index (χ0) is 10.9. The van der Waals surface area contributed by atoms with Gasteiger partial charge in [-0.3, -0.25) is 9.88 Å². The van der Waals surface area contributed by atoms with Gasteiger partial charge in [0.1, 0.15) is 0 Å². The van der Waals surface area contributed by atoms with E-state index in [0.717, 1.165) is 32.7 Å². The van der Waals surface area contributed by atoms with Crippen molar-refractivity contribution in [3.8, 4) is 0 Å². The standard InChI is InChI=1S/C12H21N3/c1-3-13-8-9-15(4-2)11-12-6-5-7-14-10-12/h5-7,10,13H,3-4,8-9,11H2,1-2H3. The van der Waals surface area contributed by atoms with E-state index in [0.29, 0.717) is 0 Å². The summed E-state index contributed by atoms with van der Waals surface area (Å²) in [5.74, 6) is 0. The van der Waals surface area contributed by atoms with Crippen molar-refractivity contribution in [1.82, 2.24) is 15.2 Å². The first-order valence-corrected chi connectivity index (χ1v) is 5.68. The molecule has 3 heteroatoms. The predicted molar refractivity (Wildman–Crippen MR) is 63.7 cm³/mol. The lowest BCUT2D eigenvalue weighted by Gasteiger charge is -2.20. The summed E-state index contributed by atoms with van der Waals surface area (Å²) in [6.07, 6.45) is 3.76. The van der Waals surface area contributed by atoms with Gasteiger partial charge in [-0.25, -0.2) is 0 Å². The lowest BCUT2D eigenvalue weighted by Crippen LogP contribution is -2.31. The highest BCUT2D eigenvalue weighted by atomic mass is 15.1. The number of nitrogens with one attached hydrogen (secondary N) is 1. The molecule has 0 aromatic carbocycles. The summed E-state index contributed by atoms with van der Waals surface area (Å²) in [5.41, 5.74) is 1.29. The fraction of sp³-hybridized carbons (Fsp3) is 0.583. The lowest BCUT2D eigenvalue weighted by molar-refractivity contribution is 0.280. The van der Waals surface area contributed by atoms with Gasteiger partial charge in [-0.15, -0.1) is 0 Å². The molecule has 0 spiro atoms. The maximum absolute atomic E-state index is 4.13. The first kappa shape index (κ1) is 12.1. The fourth-order valence-corrected chi connectivity index (χ4v) is 1.51. The maximum atomic E-state index is 4.13. The number of pyridine rings is 1. The van der Waals surface area contributed by atoms with Crippen LogP contribution in [-0.2, 0) is 6.54 Å². The number of hydrogen-bond acceptors (Lipinski definition) is 3. The molecule has 15 heavy (non-hydrogen) atoms. The van der Waals surface area contributed by atoms with Crippen molar-refractivity contribution >= 4 is 0 Å². The molecule has 1 aromatic heterocycles. The summed E-state index contributed by atoms with van der Waals surface area (Å²) < 4.78 is 0. The highest BCUT2D eigenvalue weighted by Crippen LogP contribution is 2.01. The maximum Gasteiger partial charge on any atom is 0.0312 e. The highest BCUT2D eigenvalue weighted by Gasteiger charge is 2.02. The molecule has 0 unspecified atom stereocenters. The average Bonchev–Trinajstić information content (AvgIpc) is 2.29. The van der Waals surface area contributed by atoms with Crippen LogP contribution in [0.4, 0.5) is 0 Å². The van der Waals surface area contributed by atoms with Crippen molar-refractivity contribution in [2.45, 2.75) is 20.4 Å². The Morgan fingerprint density at radius 3 is 2.87 bits per heavy atom. The summed E-state index contributed by atoms with van der Waals surface area (Å²) in [5, 5.41) is 3.34. The van der Waals surface area contributed by atoms with Crippen molar-refractivity contribution in [1.29, 1.82) is 0 Å². The molecule has 1 heterocycles.